The molecule has 0 unspecified atom stereocenters. The van der Waals surface area contributed by atoms with Crippen LogP contribution in [0, 0.1) is 12.7 Å². The van der Waals surface area contributed by atoms with Gasteiger partial charge < -0.3 is 9.67 Å². The van der Waals surface area contributed by atoms with E-state index in [0.717, 1.165) is 5.52 Å². The maximum atomic E-state index is 13.4. The molecule has 0 bridgehead atoms. The highest BCUT2D eigenvalue weighted by molar-refractivity contribution is 5.98. The normalized spacial score (nSPS) is 11.4. The number of hydrogen-bond donors (Lipinski definition) is 1. The summed E-state index contributed by atoms with van der Waals surface area (Å²) in [6.07, 6.45) is 0. The molecule has 1 N–H and O–H groups in total. The van der Waals surface area contributed by atoms with Gasteiger partial charge in [-0.15, -0.1) is 10.2 Å². The average molecular weight is 388 g/mol. The number of amides is 1. The topological polar surface area (TPSA) is 79.8 Å². The summed E-state index contributed by atoms with van der Waals surface area (Å²) >= 11 is 0. The Labute approximate surface area is 166 Å². The number of carbonyl (C=O) groups is 1. The van der Waals surface area contributed by atoms with Crippen molar-refractivity contribution in [2.45, 2.75) is 6.92 Å². The van der Waals surface area contributed by atoms with Gasteiger partial charge >= 0.3 is 0 Å². The van der Waals surface area contributed by atoms with Crippen LogP contribution in [0.25, 0.3) is 22.2 Å². The number of hydrogen-bond acceptors (Lipinski definition) is 4. The smallest absolute Gasteiger partial charge is 0.297 e. The summed E-state index contributed by atoms with van der Waals surface area (Å²) < 4.78 is 15.0. The predicted molar refractivity (Wildman–Crippen MR) is 108 cm³/mol. The minimum absolute atomic E-state index is 0.0703. The van der Waals surface area contributed by atoms with Gasteiger partial charge in [0.2, 0.25) is 5.88 Å². The van der Waals surface area contributed by atoms with Crippen molar-refractivity contribution < 1.29 is 14.3 Å². The number of aromatic nitrogens is 2. The molecule has 4 rings (SSSR count). The molecule has 0 aliphatic carbocycles. The van der Waals surface area contributed by atoms with Gasteiger partial charge in [0.1, 0.15) is 5.82 Å². The number of halogens is 1. The van der Waals surface area contributed by atoms with E-state index in [1.807, 2.05) is 18.2 Å². The van der Waals surface area contributed by atoms with Crippen molar-refractivity contribution in [1.82, 2.24) is 9.55 Å². The first-order chi connectivity index (χ1) is 14.0. The number of azo groups is 1. The van der Waals surface area contributed by atoms with Gasteiger partial charge in [-0.3, -0.25) is 9.78 Å². The van der Waals surface area contributed by atoms with Crippen molar-refractivity contribution in [3.63, 3.8) is 0 Å². The number of benzene rings is 2. The Hall–Kier alpha value is -3.87. The fourth-order valence-corrected chi connectivity index (χ4v) is 3.20. The Bertz CT molecular complexity index is 1280. The second-order valence-electron chi connectivity index (χ2n) is 6.59. The highest BCUT2D eigenvalue weighted by Crippen LogP contribution is 2.37. The van der Waals surface area contributed by atoms with E-state index >= 15 is 0 Å². The van der Waals surface area contributed by atoms with Crippen molar-refractivity contribution in [3.05, 3.63) is 77.7 Å². The molecule has 0 aliphatic heterocycles. The van der Waals surface area contributed by atoms with Gasteiger partial charge in [-0.05, 0) is 37.3 Å². The van der Waals surface area contributed by atoms with Crippen LogP contribution in [0.3, 0.4) is 0 Å². The third kappa shape index (κ3) is 3.38. The summed E-state index contributed by atoms with van der Waals surface area (Å²) in [7, 11) is 1.71. The first kappa shape index (κ1) is 18.5. The molecule has 2 aromatic carbocycles. The third-order valence-corrected chi connectivity index (χ3v) is 4.73. The molecule has 2 heterocycles. The van der Waals surface area contributed by atoms with E-state index in [0.29, 0.717) is 22.3 Å². The molecule has 0 fully saturated rings. The predicted octanol–water partition coefficient (Wildman–Crippen LogP) is 5.32. The molecule has 0 radical (unpaired) electrons. The number of aryl methyl sites for hydroxylation is 2. The maximum Gasteiger partial charge on any atom is 0.297 e. The second kappa shape index (κ2) is 7.27. The molecule has 144 valence electrons. The van der Waals surface area contributed by atoms with Crippen LogP contribution in [-0.4, -0.2) is 20.6 Å². The lowest BCUT2D eigenvalue weighted by Crippen LogP contribution is -2.01. The van der Waals surface area contributed by atoms with Crippen LogP contribution >= 0.6 is 0 Å². The van der Waals surface area contributed by atoms with Crippen molar-refractivity contribution >= 4 is 22.5 Å². The van der Waals surface area contributed by atoms with Gasteiger partial charge in [-0.1, -0.05) is 30.3 Å². The highest BCUT2D eigenvalue weighted by Gasteiger charge is 2.16. The monoisotopic (exact) mass is 388 g/mol. The Kier molecular flexibility index (Phi) is 4.64. The molecule has 6 nitrogen and oxygen atoms in total. The zero-order valence-electron chi connectivity index (χ0n) is 15.8. The van der Waals surface area contributed by atoms with Gasteiger partial charge in [0.05, 0.1) is 22.5 Å². The van der Waals surface area contributed by atoms with Gasteiger partial charge in [0.15, 0.2) is 5.69 Å². The molecule has 0 saturated carbocycles. The number of aromatic hydroxyl groups is 1. The maximum absolute atomic E-state index is 13.4. The Balaban J connectivity index is 1.65. The highest BCUT2D eigenvalue weighted by atomic mass is 19.1. The van der Waals surface area contributed by atoms with E-state index in [1.165, 1.54) is 12.1 Å². The number of pyridine rings is 1. The lowest BCUT2D eigenvalue weighted by molar-refractivity contribution is 0.0994. The lowest BCUT2D eigenvalue weighted by Gasteiger charge is -2.05. The summed E-state index contributed by atoms with van der Waals surface area (Å²) in [6.45, 7) is 1.68. The third-order valence-electron chi connectivity index (χ3n) is 4.73. The first-order valence-corrected chi connectivity index (χ1v) is 8.91. The lowest BCUT2D eigenvalue weighted by atomic mass is 10.1. The molecule has 7 heteroatoms. The molecule has 4 aromatic rings. The molecule has 0 saturated heterocycles. The standard InChI is InChI=1S/C22H17FN4O2/c1-13-16(10-11-18(24-13)14-6-5-7-15(23)12-14)21(28)26-25-20-17-8-3-4-9-19(17)27(2)22(20)29/h3-12,29H,1-2H3. The van der Waals surface area contributed by atoms with Crippen LogP contribution < -0.4 is 0 Å². The van der Waals surface area contributed by atoms with Gasteiger partial charge in [0, 0.05) is 18.0 Å². The number of nitrogens with zero attached hydrogens (tertiary/aromatic N) is 4. The molecular weight excluding hydrogens is 371 g/mol. The number of rotatable bonds is 3. The van der Waals surface area contributed by atoms with Crippen molar-refractivity contribution in [2.24, 2.45) is 17.3 Å². The molecule has 0 aliphatic rings. The molecule has 1 amide bonds. The van der Waals surface area contributed by atoms with E-state index in [2.05, 4.69) is 15.2 Å². The minimum atomic E-state index is -0.576. The fraction of sp³-hybridized carbons (Fsp3) is 0.0909. The van der Waals surface area contributed by atoms with E-state index < -0.39 is 5.91 Å². The average Bonchev–Trinajstić information content (AvgIpc) is 2.96. The molecular formula is C22H17FN4O2. The number of fused-ring (bicyclic) bond motifs is 1. The van der Waals surface area contributed by atoms with Gasteiger partial charge in [-0.2, -0.15) is 0 Å². The minimum Gasteiger partial charge on any atom is -0.493 e. The zero-order valence-corrected chi connectivity index (χ0v) is 15.8. The summed E-state index contributed by atoms with van der Waals surface area (Å²) in [4.78, 5) is 16.9. The summed E-state index contributed by atoms with van der Waals surface area (Å²) in [5.74, 6) is -1.00. The Morgan fingerprint density at radius 2 is 1.90 bits per heavy atom. The SMILES string of the molecule is Cc1nc(-c2cccc(F)c2)ccc1C(=O)N=Nc1c(O)n(C)c2ccccc12. The Morgan fingerprint density at radius 3 is 2.66 bits per heavy atom. The number of carbonyl (C=O) groups excluding carboxylic acids is 1. The van der Waals surface area contributed by atoms with Crippen LogP contribution in [0.4, 0.5) is 10.1 Å². The summed E-state index contributed by atoms with van der Waals surface area (Å²) in [6, 6.07) is 16.6. The van der Waals surface area contributed by atoms with Crippen LogP contribution in [-0.2, 0) is 7.05 Å². The zero-order chi connectivity index (χ0) is 20.5. The van der Waals surface area contributed by atoms with Crippen molar-refractivity contribution in [3.8, 4) is 17.1 Å². The van der Waals surface area contributed by atoms with E-state index in [1.54, 1.807) is 48.9 Å². The van der Waals surface area contributed by atoms with Crippen LogP contribution in [0.2, 0.25) is 0 Å². The largest absolute Gasteiger partial charge is 0.493 e. The van der Waals surface area contributed by atoms with Crippen molar-refractivity contribution in [2.75, 3.05) is 0 Å². The summed E-state index contributed by atoms with van der Waals surface area (Å²) in [5, 5.41) is 18.8. The van der Waals surface area contributed by atoms with Crippen molar-refractivity contribution in [1.29, 1.82) is 0 Å². The van der Waals surface area contributed by atoms with Gasteiger partial charge in [-0.25, -0.2) is 4.39 Å². The van der Waals surface area contributed by atoms with Crippen LogP contribution in [0.5, 0.6) is 5.88 Å². The summed E-state index contributed by atoms with van der Waals surface area (Å²) in [5.41, 5.74) is 2.94. The van der Waals surface area contributed by atoms with E-state index in [-0.39, 0.29) is 22.9 Å². The molecule has 0 spiro atoms. The molecule has 29 heavy (non-hydrogen) atoms. The Morgan fingerprint density at radius 1 is 1.10 bits per heavy atom. The van der Waals surface area contributed by atoms with Crippen LogP contribution in [0.15, 0.2) is 70.9 Å². The van der Waals surface area contributed by atoms with E-state index in [9.17, 15) is 14.3 Å². The molecule has 0 atom stereocenters. The quantitative estimate of drug-likeness (QED) is 0.483. The second-order valence-corrected chi connectivity index (χ2v) is 6.59. The van der Waals surface area contributed by atoms with Gasteiger partial charge in [0.25, 0.3) is 5.91 Å². The van der Waals surface area contributed by atoms with E-state index in [4.69, 9.17) is 0 Å². The fourth-order valence-electron chi connectivity index (χ4n) is 3.20. The molecule has 2 aromatic heterocycles. The van der Waals surface area contributed by atoms with Crippen LogP contribution in [0.1, 0.15) is 16.1 Å². The number of para-hydroxylation sites is 1. The first-order valence-electron chi connectivity index (χ1n) is 8.91.